The Morgan fingerprint density at radius 1 is 0.957 bits per heavy atom. The van der Waals surface area contributed by atoms with E-state index >= 15 is 0 Å². The molecular weight excluding hydrogens is 298 g/mol. The number of hydrogen-bond donors (Lipinski definition) is 2. The van der Waals surface area contributed by atoms with Crippen LogP contribution in [0.2, 0.25) is 0 Å². The minimum atomic E-state index is -0.618. The molecule has 1 heterocycles. The molecule has 0 fully saturated rings. The number of anilines is 2. The lowest BCUT2D eigenvalue weighted by Gasteiger charge is -2.08. The molecule has 118 valence electrons. The number of amides is 2. The zero-order valence-corrected chi connectivity index (χ0v) is 12.6. The molecule has 2 rings (SSSR count). The molecule has 2 aromatic rings. The largest absolute Gasteiger partial charge is 0.464 e. The Bertz CT molecular complexity index is 758. The van der Waals surface area contributed by atoms with Crippen molar-refractivity contribution < 1.29 is 19.1 Å². The Balaban J connectivity index is 2.16. The van der Waals surface area contributed by atoms with Crippen molar-refractivity contribution >= 4 is 29.2 Å². The van der Waals surface area contributed by atoms with Gasteiger partial charge >= 0.3 is 5.97 Å². The van der Waals surface area contributed by atoms with Crippen molar-refractivity contribution in [3.63, 3.8) is 0 Å². The van der Waals surface area contributed by atoms with Crippen molar-refractivity contribution in [2.24, 2.45) is 0 Å². The van der Waals surface area contributed by atoms with Crippen LogP contribution in [0.25, 0.3) is 0 Å². The summed E-state index contributed by atoms with van der Waals surface area (Å²) in [4.78, 5) is 38.6. The number of benzene rings is 1. The smallest absolute Gasteiger partial charge is 0.356 e. The van der Waals surface area contributed by atoms with E-state index in [9.17, 15) is 14.4 Å². The van der Waals surface area contributed by atoms with Crippen molar-refractivity contribution in [2.75, 3.05) is 17.7 Å². The number of methoxy groups -OCH3 is 1. The van der Waals surface area contributed by atoms with Crippen LogP contribution in [0.15, 0.2) is 42.5 Å². The lowest BCUT2D eigenvalue weighted by molar-refractivity contribution is -0.114. The maximum absolute atomic E-state index is 12.2. The average Bonchev–Trinajstić information content (AvgIpc) is 2.54. The molecular formula is C16H15N3O4. The summed E-state index contributed by atoms with van der Waals surface area (Å²) in [7, 11) is 1.24. The van der Waals surface area contributed by atoms with Gasteiger partial charge in [-0.25, -0.2) is 9.78 Å². The standard InChI is InChI=1S/C16H15N3O4/c1-10(20)17-11-5-3-6-12(9-11)18-15(21)13-7-4-8-14(19-13)16(22)23-2/h3-9H,1-2H3,(H,17,20)(H,18,21). The summed E-state index contributed by atoms with van der Waals surface area (Å²) >= 11 is 0. The van der Waals surface area contributed by atoms with Crippen molar-refractivity contribution in [3.8, 4) is 0 Å². The molecule has 1 aromatic heterocycles. The Morgan fingerprint density at radius 2 is 1.57 bits per heavy atom. The van der Waals surface area contributed by atoms with Gasteiger partial charge in [0.1, 0.15) is 11.4 Å². The third-order valence-electron chi connectivity index (χ3n) is 2.82. The van der Waals surface area contributed by atoms with Gasteiger partial charge in [0.25, 0.3) is 5.91 Å². The molecule has 0 atom stereocenters. The van der Waals surface area contributed by atoms with Gasteiger partial charge in [0.05, 0.1) is 7.11 Å². The van der Waals surface area contributed by atoms with Gasteiger partial charge in [0.15, 0.2) is 0 Å². The van der Waals surface area contributed by atoms with Gasteiger partial charge in [-0.1, -0.05) is 12.1 Å². The van der Waals surface area contributed by atoms with Gasteiger partial charge in [-0.2, -0.15) is 0 Å². The van der Waals surface area contributed by atoms with E-state index in [1.165, 1.54) is 26.2 Å². The van der Waals surface area contributed by atoms with Crippen LogP contribution >= 0.6 is 0 Å². The van der Waals surface area contributed by atoms with Gasteiger partial charge in [-0.3, -0.25) is 9.59 Å². The minimum Gasteiger partial charge on any atom is -0.464 e. The van der Waals surface area contributed by atoms with E-state index in [0.717, 1.165) is 0 Å². The highest BCUT2D eigenvalue weighted by Crippen LogP contribution is 2.16. The monoisotopic (exact) mass is 313 g/mol. The van der Waals surface area contributed by atoms with Gasteiger partial charge in [-0.05, 0) is 30.3 Å². The summed E-state index contributed by atoms with van der Waals surface area (Å²) in [6.07, 6.45) is 0. The molecule has 0 spiro atoms. The number of rotatable bonds is 4. The van der Waals surface area contributed by atoms with Gasteiger partial charge < -0.3 is 15.4 Å². The van der Waals surface area contributed by atoms with Crippen molar-refractivity contribution in [3.05, 3.63) is 53.9 Å². The molecule has 0 aliphatic heterocycles. The second-order valence-electron chi connectivity index (χ2n) is 4.62. The quantitative estimate of drug-likeness (QED) is 0.842. The van der Waals surface area contributed by atoms with E-state index < -0.39 is 11.9 Å². The van der Waals surface area contributed by atoms with Crippen LogP contribution in [0.5, 0.6) is 0 Å². The number of ether oxygens (including phenoxy) is 1. The van der Waals surface area contributed by atoms with Crippen LogP contribution in [-0.4, -0.2) is 29.9 Å². The van der Waals surface area contributed by atoms with Crippen LogP contribution in [0, 0.1) is 0 Å². The number of nitrogens with zero attached hydrogens (tertiary/aromatic N) is 1. The molecule has 0 radical (unpaired) electrons. The summed E-state index contributed by atoms with van der Waals surface area (Å²) in [6, 6.07) is 11.2. The van der Waals surface area contributed by atoms with Crippen LogP contribution in [0.1, 0.15) is 27.9 Å². The second kappa shape index (κ2) is 7.17. The van der Waals surface area contributed by atoms with Gasteiger partial charge in [-0.15, -0.1) is 0 Å². The Morgan fingerprint density at radius 3 is 2.22 bits per heavy atom. The lowest BCUT2D eigenvalue weighted by atomic mass is 10.2. The third-order valence-corrected chi connectivity index (χ3v) is 2.82. The molecule has 7 heteroatoms. The summed E-state index contributed by atoms with van der Waals surface area (Å²) < 4.78 is 4.57. The second-order valence-corrected chi connectivity index (χ2v) is 4.62. The molecule has 0 aliphatic carbocycles. The Kier molecular flexibility index (Phi) is 5.03. The molecule has 0 saturated carbocycles. The minimum absolute atomic E-state index is 0.0483. The van der Waals surface area contributed by atoms with E-state index in [2.05, 4.69) is 20.4 Å². The van der Waals surface area contributed by atoms with Crippen LogP contribution < -0.4 is 10.6 Å². The first-order chi connectivity index (χ1) is 11.0. The van der Waals surface area contributed by atoms with E-state index in [0.29, 0.717) is 11.4 Å². The zero-order valence-electron chi connectivity index (χ0n) is 12.6. The summed E-state index contributed by atoms with van der Waals surface area (Å²) in [6.45, 7) is 1.40. The van der Waals surface area contributed by atoms with E-state index in [1.807, 2.05) is 0 Å². The first-order valence-electron chi connectivity index (χ1n) is 6.74. The topological polar surface area (TPSA) is 97.4 Å². The number of carbonyl (C=O) groups is 3. The average molecular weight is 313 g/mol. The number of esters is 1. The fourth-order valence-electron chi connectivity index (χ4n) is 1.85. The van der Waals surface area contributed by atoms with E-state index in [-0.39, 0.29) is 17.3 Å². The predicted molar refractivity (Wildman–Crippen MR) is 84.3 cm³/mol. The SMILES string of the molecule is COC(=O)c1cccc(C(=O)Nc2cccc(NC(C)=O)c2)n1. The number of aromatic nitrogens is 1. The van der Waals surface area contributed by atoms with E-state index in [1.54, 1.807) is 30.3 Å². The number of nitrogens with one attached hydrogen (secondary N) is 2. The van der Waals surface area contributed by atoms with Crippen LogP contribution in [-0.2, 0) is 9.53 Å². The maximum atomic E-state index is 12.2. The molecule has 0 saturated heterocycles. The Labute approximate surface area is 132 Å². The maximum Gasteiger partial charge on any atom is 0.356 e. The fourth-order valence-corrected chi connectivity index (χ4v) is 1.85. The van der Waals surface area contributed by atoms with Crippen LogP contribution in [0.3, 0.4) is 0 Å². The van der Waals surface area contributed by atoms with Gasteiger partial charge in [0.2, 0.25) is 5.91 Å². The molecule has 2 amide bonds. The normalized spacial score (nSPS) is 9.83. The molecule has 0 bridgehead atoms. The van der Waals surface area contributed by atoms with Gasteiger partial charge in [0, 0.05) is 18.3 Å². The van der Waals surface area contributed by atoms with Crippen LogP contribution in [0.4, 0.5) is 11.4 Å². The van der Waals surface area contributed by atoms with Crippen molar-refractivity contribution in [1.29, 1.82) is 0 Å². The number of hydrogen-bond acceptors (Lipinski definition) is 5. The fraction of sp³-hybridized carbons (Fsp3) is 0.125. The highest BCUT2D eigenvalue weighted by Gasteiger charge is 2.12. The summed E-state index contributed by atoms with van der Waals surface area (Å²) in [5.41, 5.74) is 1.18. The highest BCUT2D eigenvalue weighted by atomic mass is 16.5. The van der Waals surface area contributed by atoms with E-state index in [4.69, 9.17) is 0 Å². The lowest BCUT2D eigenvalue weighted by Crippen LogP contribution is -2.16. The zero-order chi connectivity index (χ0) is 16.8. The summed E-state index contributed by atoms with van der Waals surface area (Å²) in [5.74, 6) is -1.30. The Hall–Kier alpha value is -3.22. The molecule has 1 aromatic carbocycles. The summed E-state index contributed by atoms with van der Waals surface area (Å²) in [5, 5.41) is 5.27. The number of pyridine rings is 1. The van der Waals surface area contributed by atoms with Crippen molar-refractivity contribution in [1.82, 2.24) is 4.98 Å². The first kappa shape index (κ1) is 16.2. The molecule has 0 unspecified atom stereocenters. The molecule has 23 heavy (non-hydrogen) atoms. The molecule has 0 aliphatic rings. The number of carbonyl (C=O) groups excluding carboxylic acids is 3. The predicted octanol–water partition coefficient (Wildman–Crippen LogP) is 2.08. The third kappa shape index (κ3) is 4.37. The first-order valence-corrected chi connectivity index (χ1v) is 6.74. The van der Waals surface area contributed by atoms with Crippen molar-refractivity contribution in [2.45, 2.75) is 6.92 Å². The molecule has 7 nitrogen and oxygen atoms in total. The highest BCUT2D eigenvalue weighted by molar-refractivity contribution is 6.04. The molecule has 2 N–H and O–H groups in total.